The van der Waals surface area contributed by atoms with Crippen LogP contribution in [0.4, 0.5) is 0 Å². The van der Waals surface area contributed by atoms with Crippen LogP contribution in [0.1, 0.15) is 40.2 Å². The van der Waals surface area contributed by atoms with Crippen molar-refractivity contribution < 1.29 is 14.3 Å². The summed E-state index contributed by atoms with van der Waals surface area (Å²) in [5.41, 5.74) is -0.333. The minimum atomic E-state index is -0.798. The molecule has 0 bridgehead atoms. The van der Waals surface area contributed by atoms with E-state index in [0.29, 0.717) is 6.54 Å². The van der Waals surface area contributed by atoms with Gasteiger partial charge in [0, 0.05) is 12.1 Å². The van der Waals surface area contributed by atoms with E-state index < -0.39 is 11.1 Å². The van der Waals surface area contributed by atoms with Crippen molar-refractivity contribution in [1.82, 2.24) is 5.32 Å². The van der Waals surface area contributed by atoms with Crippen LogP contribution in [-0.4, -0.2) is 17.1 Å². The van der Waals surface area contributed by atoms with Gasteiger partial charge in [-0.25, -0.2) is 0 Å². The quantitative estimate of drug-likeness (QED) is 0.775. The van der Waals surface area contributed by atoms with Gasteiger partial charge in [-0.05, 0) is 52.8 Å². The number of carbonyl (C=O) groups excluding carboxylic acids is 1. The highest BCUT2D eigenvalue weighted by Crippen LogP contribution is 2.25. The van der Waals surface area contributed by atoms with Gasteiger partial charge in [0.15, 0.2) is 0 Å². The maximum absolute atomic E-state index is 12.4. The Kier molecular flexibility index (Phi) is 5.85. The third-order valence-corrected chi connectivity index (χ3v) is 3.57. The number of nitrogens with one attached hydrogen (secondary N) is 1. The molecule has 2 rings (SSSR count). The van der Waals surface area contributed by atoms with Gasteiger partial charge in [0.1, 0.15) is 22.6 Å². The van der Waals surface area contributed by atoms with E-state index in [1.807, 2.05) is 89.2 Å². The minimum Gasteiger partial charge on any atom is -0.459 e. The molecule has 0 aliphatic heterocycles. The number of rotatable bonds is 6. The molecular formula is C21H27NO3. The molecule has 0 saturated carbocycles. The number of hydrogen-bond donors (Lipinski definition) is 1. The molecule has 0 aromatic heterocycles. The van der Waals surface area contributed by atoms with E-state index in [0.717, 1.165) is 17.1 Å². The van der Waals surface area contributed by atoms with Crippen molar-refractivity contribution in [3.8, 4) is 11.5 Å². The summed E-state index contributed by atoms with van der Waals surface area (Å²) in [7, 11) is 0. The molecule has 2 aromatic rings. The van der Waals surface area contributed by atoms with Gasteiger partial charge in [-0.15, -0.1) is 0 Å². The van der Waals surface area contributed by atoms with Crippen LogP contribution in [0.2, 0.25) is 0 Å². The Morgan fingerprint density at radius 1 is 0.920 bits per heavy atom. The number of ether oxygens (including phenoxy) is 2. The van der Waals surface area contributed by atoms with Crippen LogP contribution in [0.3, 0.4) is 0 Å². The summed E-state index contributed by atoms with van der Waals surface area (Å²) < 4.78 is 11.4. The highest BCUT2D eigenvalue weighted by molar-refractivity contribution is 5.80. The molecule has 0 heterocycles. The third-order valence-electron chi connectivity index (χ3n) is 3.57. The molecule has 2 aromatic carbocycles. The van der Waals surface area contributed by atoms with Gasteiger partial charge < -0.3 is 9.47 Å². The lowest BCUT2D eigenvalue weighted by molar-refractivity contribution is -0.161. The molecule has 0 saturated heterocycles. The summed E-state index contributed by atoms with van der Waals surface area (Å²) in [5.74, 6) is 1.27. The van der Waals surface area contributed by atoms with Gasteiger partial charge in [-0.1, -0.05) is 36.4 Å². The van der Waals surface area contributed by atoms with E-state index in [-0.39, 0.29) is 5.97 Å². The first-order valence-electron chi connectivity index (χ1n) is 8.47. The van der Waals surface area contributed by atoms with Crippen molar-refractivity contribution in [3.05, 3.63) is 60.2 Å². The van der Waals surface area contributed by atoms with Crippen LogP contribution >= 0.6 is 0 Å². The molecule has 134 valence electrons. The zero-order chi connectivity index (χ0) is 18.5. The van der Waals surface area contributed by atoms with Gasteiger partial charge in [0.05, 0.1) is 0 Å². The van der Waals surface area contributed by atoms with E-state index in [1.54, 1.807) is 0 Å². The average molecular weight is 341 g/mol. The van der Waals surface area contributed by atoms with Crippen LogP contribution in [0.15, 0.2) is 54.6 Å². The van der Waals surface area contributed by atoms with Gasteiger partial charge in [-0.2, -0.15) is 0 Å². The largest absolute Gasteiger partial charge is 0.459 e. The highest BCUT2D eigenvalue weighted by Gasteiger charge is 2.32. The Morgan fingerprint density at radius 2 is 1.52 bits per heavy atom. The van der Waals surface area contributed by atoms with Crippen molar-refractivity contribution >= 4 is 5.97 Å². The number of esters is 1. The first kappa shape index (κ1) is 19.0. The Labute approximate surface area is 150 Å². The second-order valence-electron chi connectivity index (χ2n) is 7.50. The van der Waals surface area contributed by atoms with E-state index in [4.69, 9.17) is 9.47 Å². The topological polar surface area (TPSA) is 47.6 Å². The van der Waals surface area contributed by atoms with E-state index in [9.17, 15) is 4.79 Å². The molecule has 0 amide bonds. The predicted octanol–water partition coefficient (Wildman–Crippen LogP) is 4.69. The monoisotopic (exact) mass is 341 g/mol. The molecule has 0 aliphatic carbocycles. The van der Waals surface area contributed by atoms with Crippen LogP contribution in [0, 0.1) is 0 Å². The van der Waals surface area contributed by atoms with Gasteiger partial charge in [-0.3, -0.25) is 10.1 Å². The molecule has 0 radical (unpaired) electrons. The Bertz CT molecular complexity index is 703. The lowest BCUT2D eigenvalue weighted by Gasteiger charge is -2.29. The van der Waals surface area contributed by atoms with Crippen LogP contribution in [0.25, 0.3) is 0 Å². The highest BCUT2D eigenvalue weighted by atomic mass is 16.6. The lowest BCUT2D eigenvalue weighted by atomic mass is 10.0. The fourth-order valence-corrected chi connectivity index (χ4v) is 2.16. The lowest BCUT2D eigenvalue weighted by Crippen LogP contribution is -2.49. The summed E-state index contributed by atoms with van der Waals surface area (Å²) in [6.45, 7) is 9.73. The minimum absolute atomic E-state index is 0.276. The Morgan fingerprint density at radius 3 is 2.16 bits per heavy atom. The fourth-order valence-electron chi connectivity index (χ4n) is 2.16. The fraction of sp³-hybridized carbons (Fsp3) is 0.381. The van der Waals surface area contributed by atoms with Gasteiger partial charge >= 0.3 is 5.97 Å². The standard InChI is InChI=1S/C21H27NO3/c1-20(2,3)25-19(23)21(4,5)22-15-16-11-9-10-14-18(16)24-17-12-7-6-8-13-17/h6-14,22H,15H2,1-5H3. The summed E-state index contributed by atoms with van der Waals surface area (Å²) in [6, 6.07) is 17.4. The smallest absolute Gasteiger partial charge is 0.326 e. The van der Waals surface area contributed by atoms with Crippen molar-refractivity contribution in [1.29, 1.82) is 0 Å². The van der Waals surface area contributed by atoms with Crippen molar-refractivity contribution in [2.45, 2.75) is 52.3 Å². The molecule has 0 atom stereocenters. The summed E-state index contributed by atoms with van der Waals surface area (Å²) in [5, 5.41) is 3.27. The number of hydrogen-bond acceptors (Lipinski definition) is 4. The van der Waals surface area contributed by atoms with E-state index >= 15 is 0 Å². The third kappa shape index (κ3) is 5.91. The summed E-state index contributed by atoms with van der Waals surface area (Å²) in [6.07, 6.45) is 0. The number of para-hydroxylation sites is 2. The molecule has 1 N–H and O–H groups in total. The van der Waals surface area contributed by atoms with Crippen LogP contribution in [-0.2, 0) is 16.1 Å². The van der Waals surface area contributed by atoms with Crippen LogP contribution in [0.5, 0.6) is 11.5 Å². The van der Waals surface area contributed by atoms with E-state index in [2.05, 4.69) is 5.32 Å². The second kappa shape index (κ2) is 7.70. The maximum atomic E-state index is 12.4. The summed E-state index contributed by atoms with van der Waals surface area (Å²) in [4.78, 5) is 12.4. The predicted molar refractivity (Wildman–Crippen MR) is 99.7 cm³/mol. The Balaban J connectivity index is 2.06. The zero-order valence-corrected chi connectivity index (χ0v) is 15.6. The molecule has 4 nitrogen and oxygen atoms in total. The zero-order valence-electron chi connectivity index (χ0n) is 15.6. The molecule has 25 heavy (non-hydrogen) atoms. The normalized spacial score (nSPS) is 11.9. The van der Waals surface area contributed by atoms with Crippen LogP contribution < -0.4 is 10.1 Å². The average Bonchev–Trinajstić information content (AvgIpc) is 2.53. The first-order chi connectivity index (χ1) is 11.7. The second-order valence-corrected chi connectivity index (χ2v) is 7.50. The van der Waals surface area contributed by atoms with E-state index in [1.165, 1.54) is 0 Å². The van der Waals surface area contributed by atoms with Gasteiger partial charge in [0.25, 0.3) is 0 Å². The van der Waals surface area contributed by atoms with Gasteiger partial charge in [0.2, 0.25) is 0 Å². The summed E-state index contributed by atoms with van der Waals surface area (Å²) >= 11 is 0. The van der Waals surface area contributed by atoms with Crippen molar-refractivity contribution in [3.63, 3.8) is 0 Å². The number of carbonyl (C=O) groups is 1. The molecule has 0 spiro atoms. The molecular weight excluding hydrogens is 314 g/mol. The maximum Gasteiger partial charge on any atom is 0.326 e. The molecule has 4 heteroatoms. The van der Waals surface area contributed by atoms with Crippen molar-refractivity contribution in [2.75, 3.05) is 0 Å². The molecule has 0 aliphatic rings. The molecule has 0 fully saturated rings. The van der Waals surface area contributed by atoms with Crippen molar-refractivity contribution in [2.24, 2.45) is 0 Å². The first-order valence-corrected chi connectivity index (χ1v) is 8.47. The Hall–Kier alpha value is -2.33. The SMILES string of the molecule is CC(C)(C)OC(=O)C(C)(C)NCc1ccccc1Oc1ccccc1. The molecule has 0 unspecified atom stereocenters. The number of benzene rings is 2.